The van der Waals surface area contributed by atoms with Crippen LogP contribution >= 0.6 is 0 Å². The van der Waals surface area contributed by atoms with Gasteiger partial charge in [-0.15, -0.1) is 0 Å². The first-order valence-electron chi connectivity index (χ1n) is 24.7. The molecule has 0 bridgehead atoms. The largest absolute Gasteiger partial charge is 0.469 e. The second-order valence-corrected chi connectivity index (χ2v) is 18.2. The van der Waals surface area contributed by atoms with E-state index in [-0.39, 0.29) is 74.2 Å². The minimum absolute atomic E-state index is 0. The molecule has 0 spiro atoms. The average Bonchev–Trinajstić information content (AvgIpc) is 3.41. The first kappa shape index (κ1) is 59.7. The maximum Gasteiger partial charge on any atom is 0.314 e. The van der Waals surface area contributed by atoms with Crippen molar-refractivity contribution in [3.8, 4) is 0 Å². The molecule has 12 nitrogen and oxygen atoms in total. The molecule has 4 heterocycles. The number of ketones is 2. The van der Waals surface area contributed by atoms with E-state index in [2.05, 4.69) is 21.3 Å². The number of methoxy groups -OCH3 is 2. The summed E-state index contributed by atoms with van der Waals surface area (Å²) < 4.78 is 9.87. The second-order valence-electron chi connectivity index (χ2n) is 18.2. The highest BCUT2D eigenvalue weighted by Gasteiger charge is 2.41. The van der Waals surface area contributed by atoms with Crippen molar-refractivity contribution in [2.24, 2.45) is 0 Å². The zero-order chi connectivity index (χ0) is 49.3. The monoisotopic (exact) mass is 971 g/mol. The Morgan fingerprint density at radius 1 is 0.493 bits per heavy atom. The smallest absolute Gasteiger partial charge is 0.314 e. The lowest BCUT2D eigenvalue weighted by Gasteiger charge is -2.41. The van der Waals surface area contributed by atoms with Crippen molar-refractivity contribution < 1.29 is 38.2 Å². The van der Waals surface area contributed by atoms with Crippen molar-refractivity contribution in [1.29, 1.82) is 0 Å². The fourth-order valence-electron chi connectivity index (χ4n) is 10.1. The van der Waals surface area contributed by atoms with E-state index >= 15 is 0 Å². The van der Waals surface area contributed by atoms with Gasteiger partial charge in [-0.1, -0.05) is 162 Å². The van der Waals surface area contributed by atoms with Gasteiger partial charge in [-0.25, -0.2) is 0 Å². The maximum atomic E-state index is 12.1. The molecule has 4 aliphatic heterocycles. The Labute approximate surface area is 425 Å². The molecule has 382 valence electrons. The number of rotatable bonds is 14. The van der Waals surface area contributed by atoms with Crippen LogP contribution in [0.4, 0.5) is 0 Å². The molecule has 0 aromatic heterocycles. The summed E-state index contributed by atoms with van der Waals surface area (Å²) >= 11 is 0. The fraction of sp³-hybridized carbons (Fsp3) is 0.483. The number of aldehydes is 2. The quantitative estimate of drug-likeness (QED) is 0.0414. The third-order valence-electron chi connectivity index (χ3n) is 13.6. The Balaban J connectivity index is 0.000000248. The Morgan fingerprint density at radius 3 is 1.14 bits per heavy atom. The summed E-state index contributed by atoms with van der Waals surface area (Å²) in [7, 11) is 9.27. The average molecular weight is 971 g/mol. The normalized spacial score (nSPS) is 22.1. The highest BCUT2D eigenvalue weighted by atomic mass is 16.5. The van der Waals surface area contributed by atoms with Crippen LogP contribution < -0.4 is 21.3 Å². The number of carbonyl (C=O) groups is 6. The van der Waals surface area contributed by atoms with E-state index in [9.17, 15) is 28.8 Å². The van der Waals surface area contributed by atoms with Crippen LogP contribution in [0, 0.1) is 0 Å². The molecule has 71 heavy (non-hydrogen) atoms. The molecule has 4 saturated heterocycles. The minimum Gasteiger partial charge on any atom is -0.469 e. The van der Waals surface area contributed by atoms with Gasteiger partial charge in [-0.2, -0.15) is 0 Å². The highest BCUT2D eigenvalue weighted by molar-refractivity contribution is 6.28. The van der Waals surface area contributed by atoms with Crippen LogP contribution in [0.2, 0.25) is 0 Å². The molecule has 4 aromatic rings. The summed E-state index contributed by atoms with van der Waals surface area (Å²) in [5, 5.41) is 13.4. The highest BCUT2D eigenvalue weighted by Crippen LogP contribution is 2.34. The van der Waals surface area contributed by atoms with E-state index in [4.69, 9.17) is 17.3 Å². The topological polar surface area (TPSA) is 169 Å². The third kappa shape index (κ3) is 17.9. The lowest BCUT2D eigenvalue weighted by atomic mass is 9.62. The maximum absolute atomic E-state index is 12.1. The van der Waals surface area contributed by atoms with E-state index in [1.54, 1.807) is 0 Å². The molecule has 8 atom stereocenters. The van der Waals surface area contributed by atoms with E-state index in [1.165, 1.54) is 27.1 Å². The molecule has 0 saturated carbocycles. The van der Waals surface area contributed by atoms with Crippen LogP contribution in [0.3, 0.4) is 0 Å². The van der Waals surface area contributed by atoms with Gasteiger partial charge in [0.05, 0.1) is 45.7 Å². The molecular formula is C58H79BN4O8. The number of hydrogen-bond donors (Lipinski definition) is 4. The Morgan fingerprint density at radius 2 is 0.831 bits per heavy atom. The van der Waals surface area contributed by atoms with Crippen LogP contribution in [0.5, 0.6) is 0 Å². The van der Waals surface area contributed by atoms with Gasteiger partial charge in [-0.05, 0) is 105 Å². The Bertz CT molecular complexity index is 2070. The molecule has 0 amide bonds. The zero-order valence-corrected chi connectivity index (χ0v) is 40.4. The number of Topliss-reactive ketones (excluding diaryl/α,β-unsaturated/α-hetero) is 2. The number of nitrogens with one attached hydrogen (secondary N) is 4. The molecule has 4 aliphatic rings. The number of benzene rings is 4. The summed E-state index contributed by atoms with van der Waals surface area (Å²) in [4.78, 5) is 69.2. The Hall–Kier alpha value is -5.60. The van der Waals surface area contributed by atoms with Gasteiger partial charge in [0.15, 0.2) is 12.6 Å². The van der Waals surface area contributed by atoms with E-state index in [0.29, 0.717) is 12.6 Å². The predicted molar refractivity (Wildman–Crippen MR) is 284 cm³/mol. The van der Waals surface area contributed by atoms with Gasteiger partial charge >= 0.3 is 11.9 Å². The SMILES string of the molecule is C.C.COC(=O)C(c1ccccc1)C1CCCCN1.O=CC(=O)C(c1ccccc1)C1CCCCN1.O=CC(=O)C(c1ccccc1)C1CCCCN1.[B]C1(C(C(=O)OC)c2ccccc2)CCCCN1. The predicted octanol–water partition coefficient (Wildman–Crippen LogP) is 8.30. The van der Waals surface area contributed by atoms with Crippen LogP contribution in [0.25, 0.3) is 0 Å². The van der Waals surface area contributed by atoms with Crippen molar-refractivity contribution in [2.45, 2.75) is 139 Å². The van der Waals surface area contributed by atoms with Gasteiger partial charge in [0.25, 0.3) is 0 Å². The van der Waals surface area contributed by atoms with E-state index < -0.39 is 11.4 Å². The van der Waals surface area contributed by atoms with Gasteiger partial charge < -0.3 is 30.7 Å². The summed E-state index contributed by atoms with van der Waals surface area (Å²) in [6.07, 6.45) is 13.7. The number of carbonyl (C=O) groups excluding carboxylic acids is 6. The van der Waals surface area contributed by atoms with Crippen molar-refractivity contribution in [2.75, 3.05) is 40.4 Å². The van der Waals surface area contributed by atoms with Crippen molar-refractivity contribution in [1.82, 2.24) is 21.3 Å². The standard InChI is InChI=1S/C14H18BNO2.C14H19NO2.2C14H17NO2.2CH4/c1-18-13(17)12(11-7-3-2-4-8-11)14(15)9-5-6-10-16-14;1-17-14(16)13(11-7-3-2-4-8-11)12-9-5-6-10-15-12;2*16-10-13(17)14(11-6-2-1-3-7-11)12-8-4-5-9-15-12;;/h2-4,7-8,12,16H,5-6,9-10H2,1H3;2-4,7-8,12-13,15H,5-6,9-10H2,1H3;2*1-3,6-7,10,12,14-15H,4-5,8-9H2;2*1H4. The number of esters is 2. The van der Waals surface area contributed by atoms with Crippen LogP contribution in [0.1, 0.15) is 138 Å². The van der Waals surface area contributed by atoms with Crippen molar-refractivity contribution in [3.05, 3.63) is 144 Å². The van der Waals surface area contributed by atoms with Gasteiger partial charge in [-0.3, -0.25) is 28.8 Å². The first-order valence-corrected chi connectivity index (χ1v) is 24.7. The molecule has 4 N–H and O–H groups in total. The van der Waals surface area contributed by atoms with Crippen molar-refractivity contribution >= 4 is 43.9 Å². The fourth-order valence-corrected chi connectivity index (χ4v) is 10.1. The number of hydrogen-bond acceptors (Lipinski definition) is 12. The minimum atomic E-state index is -0.702. The molecule has 0 aliphatic carbocycles. The van der Waals surface area contributed by atoms with Crippen LogP contribution in [-0.2, 0) is 38.2 Å². The van der Waals surface area contributed by atoms with Crippen LogP contribution in [-0.4, -0.2) is 108 Å². The van der Waals surface area contributed by atoms with Gasteiger partial charge in [0.2, 0.25) is 11.6 Å². The molecule has 13 heteroatoms. The molecular weight excluding hydrogens is 891 g/mol. The lowest BCUT2D eigenvalue weighted by Crippen LogP contribution is -2.55. The van der Waals surface area contributed by atoms with Gasteiger partial charge in [0, 0.05) is 18.1 Å². The molecule has 8 unspecified atom stereocenters. The summed E-state index contributed by atoms with van der Waals surface area (Å²) in [6.45, 7) is 3.70. The zero-order valence-electron chi connectivity index (χ0n) is 40.4. The van der Waals surface area contributed by atoms with Crippen LogP contribution in [0.15, 0.2) is 121 Å². The lowest BCUT2D eigenvalue weighted by molar-refractivity contribution is -0.144. The molecule has 8 rings (SSSR count). The van der Waals surface area contributed by atoms with Gasteiger partial charge in [0.1, 0.15) is 0 Å². The summed E-state index contributed by atoms with van der Waals surface area (Å²) in [6, 6.07) is 39.0. The number of piperidine rings is 4. The molecule has 4 aromatic carbocycles. The van der Waals surface area contributed by atoms with E-state index in [0.717, 1.165) is 113 Å². The van der Waals surface area contributed by atoms with Crippen molar-refractivity contribution in [3.63, 3.8) is 0 Å². The molecule has 4 fully saturated rings. The Kier molecular flexibility index (Phi) is 27.2. The third-order valence-corrected chi connectivity index (χ3v) is 13.6. The molecule has 2 radical (unpaired) electrons. The summed E-state index contributed by atoms with van der Waals surface area (Å²) in [5.41, 5.74) is 3.11. The second kappa shape index (κ2) is 32.4. The summed E-state index contributed by atoms with van der Waals surface area (Å²) in [5.74, 6) is -2.35. The first-order chi connectivity index (χ1) is 33.6. The van der Waals surface area contributed by atoms with E-state index in [1.807, 2.05) is 121 Å². The number of ether oxygens (including phenoxy) is 2.